The van der Waals surface area contributed by atoms with E-state index in [1.807, 2.05) is 24.3 Å². The van der Waals surface area contributed by atoms with Crippen LogP contribution in [0.3, 0.4) is 0 Å². The maximum Gasteiger partial charge on any atom is 0.318 e. The molecular weight excluding hydrogens is 476 g/mol. The zero-order valence-corrected chi connectivity index (χ0v) is 21.9. The number of piperidine rings is 1. The fourth-order valence-electron chi connectivity index (χ4n) is 5.35. The van der Waals surface area contributed by atoms with Gasteiger partial charge in [0.2, 0.25) is 18.6 Å². The van der Waals surface area contributed by atoms with Gasteiger partial charge in [0.1, 0.15) is 5.41 Å². The molecule has 9 heteroatoms. The van der Waals surface area contributed by atoms with Gasteiger partial charge >= 0.3 is 5.97 Å². The largest absolute Gasteiger partial charge is 0.465 e. The average molecular weight is 515 g/mol. The number of allylic oxidation sites excluding steroid dienone is 1. The van der Waals surface area contributed by atoms with Gasteiger partial charge in [0.25, 0.3) is 0 Å². The lowest BCUT2D eigenvalue weighted by Crippen LogP contribution is -2.52. The van der Waals surface area contributed by atoms with Crippen LogP contribution in [0.5, 0.6) is 11.5 Å². The van der Waals surface area contributed by atoms with E-state index >= 15 is 0 Å². The molecule has 202 valence electrons. The number of ether oxygens (including phenoxy) is 4. The molecule has 1 N–H and O–H groups in total. The van der Waals surface area contributed by atoms with E-state index in [0.29, 0.717) is 49.6 Å². The summed E-state index contributed by atoms with van der Waals surface area (Å²) in [5.74, 6) is 0.0165. The molecule has 4 rings (SSSR count). The topological polar surface area (TPSA) is 103 Å². The predicted octanol–water partition coefficient (Wildman–Crippen LogP) is 3.70. The van der Waals surface area contributed by atoms with Crippen molar-refractivity contribution in [3.8, 4) is 11.5 Å². The Labute approximate surface area is 218 Å². The highest BCUT2D eigenvalue weighted by Crippen LogP contribution is 2.51. The molecule has 1 saturated heterocycles. The Morgan fingerprint density at radius 3 is 2.78 bits per heavy atom. The molecule has 0 unspecified atom stereocenters. The second-order valence-electron chi connectivity index (χ2n) is 9.82. The molecule has 37 heavy (non-hydrogen) atoms. The molecule has 1 fully saturated rings. The number of hydrogen-bond acceptors (Lipinski definition) is 7. The van der Waals surface area contributed by atoms with Crippen LogP contribution in [0.2, 0.25) is 0 Å². The van der Waals surface area contributed by atoms with Crippen LogP contribution in [0.4, 0.5) is 0 Å². The lowest BCUT2D eigenvalue weighted by molar-refractivity contribution is -0.161. The molecule has 0 saturated carbocycles. The number of hydrogen-bond donors (Lipinski definition) is 1. The third-order valence-corrected chi connectivity index (χ3v) is 7.21. The minimum absolute atomic E-state index is 0.0294. The molecule has 1 aliphatic carbocycles. The first-order valence-electron chi connectivity index (χ1n) is 13.4. The number of carbonyl (C=O) groups is 3. The lowest BCUT2D eigenvalue weighted by Gasteiger charge is -2.44. The van der Waals surface area contributed by atoms with Gasteiger partial charge in [-0.1, -0.05) is 25.5 Å². The first kappa shape index (κ1) is 27.0. The van der Waals surface area contributed by atoms with Crippen molar-refractivity contribution >= 4 is 17.8 Å². The highest BCUT2D eigenvalue weighted by Gasteiger charge is 2.55. The van der Waals surface area contributed by atoms with Crippen LogP contribution in [0, 0.1) is 11.3 Å². The van der Waals surface area contributed by atoms with Crippen molar-refractivity contribution in [1.82, 2.24) is 10.2 Å². The average Bonchev–Trinajstić information content (AvgIpc) is 3.53. The summed E-state index contributed by atoms with van der Waals surface area (Å²) in [5.41, 5.74) is 0.629. The molecule has 9 nitrogen and oxygen atoms in total. The first-order valence-corrected chi connectivity index (χ1v) is 13.4. The molecule has 0 spiro atoms. The second-order valence-corrected chi connectivity index (χ2v) is 9.82. The SMILES string of the molecule is CCCCOCCCNC(=O)C[C@@H]1C[C@@]2(C(=O)OCC)CCC=C2N(Cc2ccc3c(c2)OCO3)C1=O. The Bertz CT molecular complexity index is 1020. The number of likely N-dealkylation sites (tertiary alicyclic amines) is 1. The molecule has 2 atom stereocenters. The van der Waals surface area contributed by atoms with Gasteiger partial charge in [-0.05, 0) is 56.7 Å². The van der Waals surface area contributed by atoms with E-state index in [1.54, 1.807) is 11.8 Å². The minimum Gasteiger partial charge on any atom is -0.465 e. The zero-order valence-electron chi connectivity index (χ0n) is 21.9. The van der Waals surface area contributed by atoms with Crippen molar-refractivity contribution in [3.05, 3.63) is 35.5 Å². The highest BCUT2D eigenvalue weighted by molar-refractivity contribution is 5.92. The van der Waals surface area contributed by atoms with Gasteiger partial charge in [0.05, 0.1) is 13.2 Å². The standard InChI is InChI=1S/C28H38N2O7/c1-3-5-13-34-14-7-12-29-25(31)16-21-17-28(27(33)35-4-2)11-6-8-24(28)30(26(21)32)18-20-9-10-22-23(15-20)37-19-36-22/h8-10,15,21H,3-7,11-14,16-19H2,1-2H3,(H,29,31)/t21-,28+/m1/s1. The molecular formula is C28H38N2O7. The van der Waals surface area contributed by atoms with Gasteiger partial charge in [-0.2, -0.15) is 0 Å². The Hall–Kier alpha value is -3.07. The molecule has 1 aromatic rings. The molecule has 1 aromatic carbocycles. The number of nitrogens with zero attached hydrogens (tertiary/aromatic N) is 1. The van der Waals surface area contributed by atoms with E-state index < -0.39 is 11.3 Å². The van der Waals surface area contributed by atoms with Crippen LogP contribution in [-0.4, -0.2) is 55.8 Å². The van der Waals surface area contributed by atoms with E-state index in [9.17, 15) is 14.4 Å². The fraction of sp³-hybridized carbons (Fsp3) is 0.607. The summed E-state index contributed by atoms with van der Waals surface area (Å²) in [4.78, 5) is 41.4. The van der Waals surface area contributed by atoms with Crippen LogP contribution in [0.15, 0.2) is 30.0 Å². The van der Waals surface area contributed by atoms with Crippen molar-refractivity contribution in [2.24, 2.45) is 11.3 Å². The van der Waals surface area contributed by atoms with E-state index in [0.717, 1.165) is 25.0 Å². The number of rotatable bonds is 13. The number of benzene rings is 1. The third kappa shape index (κ3) is 6.09. The lowest BCUT2D eigenvalue weighted by atomic mass is 9.71. The summed E-state index contributed by atoms with van der Waals surface area (Å²) in [6, 6.07) is 5.57. The minimum atomic E-state index is -0.918. The maximum absolute atomic E-state index is 13.7. The van der Waals surface area contributed by atoms with Crippen molar-refractivity contribution in [2.75, 3.05) is 33.2 Å². The molecule has 0 radical (unpaired) electrons. The Morgan fingerprint density at radius 2 is 1.97 bits per heavy atom. The van der Waals surface area contributed by atoms with Crippen LogP contribution >= 0.6 is 0 Å². The summed E-state index contributed by atoms with van der Waals surface area (Å²) >= 11 is 0. The van der Waals surface area contributed by atoms with Crippen molar-refractivity contribution < 1.29 is 33.3 Å². The Kier molecular flexibility index (Phi) is 9.08. The van der Waals surface area contributed by atoms with E-state index in [2.05, 4.69) is 12.2 Å². The summed E-state index contributed by atoms with van der Waals surface area (Å²) in [7, 11) is 0. The summed E-state index contributed by atoms with van der Waals surface area (Å²) in [6.45, 7) is 6.40. The molecule has 0 bridgehead atoms. The maximum atomic E-state index is 13.7. The fourth-order valence-corrected chi connectivity index (χ4v) is 5.35. The third-order valence-electron chi connectivity index (χ3n) is 7.21. The number of amides is 2. The summed E-state index contributed by atoms with van der Waals surface area (Å²) in [5, 5.41) is 2.91. The molecule has 2 amide bonds. The van der Waals surface area contributed by atoms with E-state index in [-0.39, 0.29) is 50.6 Å². The monoisotopic (exact) mass is 514 g/mol. The second kappa shape index (κ2) is 12.4. The van der Waals surface area contributed by atoms with Gasteiger partial charge in [-0.25, -0.2) is 0 Å². The molecule has 3 aliphatic rings. The van der Waals surface area contributed by atoms with Crippen molar-refractivity contribution in [1.29, 1.82) is 0 Å². The number of fused-ring (bicyclic) bond motifs is 2. The summed E-state index contributed by atoms with van der Waals surface area (Å²) in [6.07, 6.45) is 6.35. The van der Waals surface area contributed by atoms with Gasteiger partial charge in [0.15, 0.2) is 11.5 Å². The van der Waals surface area contributed by atoms with Gasteiger partial charge < -0.3 is 29.2 Å². The Morgan fingerprint density at radius 1 is 1.16 bits per heavy atom. The zero-order chi connectivity index (χ0) is 26.3. The Balaban J connectivity index is 1.46. The molecule has 0 aromatic heterocycles. The predicted molar refractivity (Wildman–Crippen MR) is 136 cm³/mol. The van der Waals surface area contributed by atoms with Crippen LogP contribution < -0.4 is 14.8 Å². The molecule has 2 heterocycles. The smallest absolute Gasteiger partial charge is 0.318 e. The number of unbranched alkanes of at least 4 members (excludes halogenated alkanes) is 1. The van der Waals surface area contributed by atoms with Crippen molar-refractivity contribution in [3.63, 3.8) is 0 Å². The van der Waals surface area contributed by atoms with E-state index in [1.165, 1.54) is 0 Å². The van der Waals surface area contributed by atoms with Crippen LogP contribution in [0.1, 0.15) is 64.4 Å². The number of nitrogens with one attached hydrogen (secondary N) is 1. The van der Waals surface area contributed by atoms with Gasteiger partial charge in [0, 0.05) is 37.8 Å². The van der Waals surface area contributed by atoms with Gasteiger partial charge in [-0.3, -0.25) is 14.4 Å². The first-order chi connectivity index (χ1) is 18.0. The van der Waals surface area contributed by atoms with Gasteiger partial charge in [-0.15, -0.1) is 0 Å². The van der Waals surface area contributed by atoms with E-state index in [4.69, 9.17) is 18.9 Å². The number of carbonyl (C=O) groups excluding carboxylic acids is 3. The van der Waals surface area contributed by atoms with Crippen LogP contribution in [-0.2, 0) is 30.4 Å². The number of esters is 1. The van der Waals surface area contributed by atoms with Crippen molar-refractivity contribution in [2.45, 2.75) is 65.3 Å². The normalized spacial score (nSPS) is 22.0. The highest BCUT2D eigenvalue weighted by atomic mass is 16.7. The quantitative estimate of drug-likeness (QED) is 0.316. The van der Waals surface area contributed by atoms with Crippen LogP contribution in [0.25, 0.3) is 0 Å². The summed E-state index contributed by atoms with van der Waals surface area (Å²) < 4.78 is 21.9. The molecule has 2 aliphatic heterocycles.